The van der Waals surface area contributed by atoms with Crippen LogP contribution in [0.3, 0.4) is 0 Å². The Morgan fingerprint density at radius 3 is 2.35 bits per heavy atom. The first-order chi connectivity index (χ1) is 16.6. The lowest BCUT2D eigenvalue weighted by Crippen LogP contribution is -2.25. The summed E-state index contributed by atoms with van der Waals surface area (Å²) in [7, 11) is 0. The zero-order valence-corrected chi connectivity index (χ0v) is 20.6. The molecule has 0 radical (unpaired) electrons. The molecule has 1 aromatic heterocycles. The third kappa shape index (κ3) is 6.93. The number of nitrogens with zero attached hydrogens (tertiary/aromatic N) is 4. The fourth-order valence-electron chi connectivity index (χ4n) is 3.69. The van der Waals surface area contributed by atoms with Crippen molar-refractivity contribution in [1.82, 2.24) is 14.9 Å². The summed E-state index contributed by atoms with van der Waals surface area (Å²) in [6.07, 6.45) is 4.38. The summed E-state index contributed by atoms with van der Waals surface area (Å²) < 4.78 is 5.87. The fourth-order valence-corrected chi connectivity index (χ4v) is 3.69. The summed E-state index contributed by atoms with van der Waals surface area (Å²) in [4.78, 5) is 11.5. The van der Waals surface area contributed by atoms with Crippen LogP contribution in [0.1, 0.15) is 43.4 Å². The SMILES string of the molecule is CC.Cc1cc(Nc2nc(Nc3ccc(OCCN4CCCC4)cc3)ncc2C)ccc1C#N. The van der Waals surface area contributed by atoms with Crippen LogP contribution in [-0.4, -0.2) is 41.1 Å². The number of benzene rings is 2. The summed E-state index contributed by atoms with van der Waals surface area (Å²) in [5.74, 6) is 2.08. The molecular weight excluding hydrogens is 424 g/mol. The van der Waals surface area contributed by atoms with Gasteiger partial charge >= 0.3 is 0 Å². The van der Waals surface area contributed by atoms with Gasteiger partial charge in [0, 0.05) is 29.7 Å². The largest absolute Gasteiger partial charge is 0.492 e. The molecule has 7 heteroatoms. The van der Waals surface area contributed by atoms with E-state index in [1.165, 1.54) is 25.9 Å². The summed E-state index contributed by atoms with van der Waals surface area (Å²) in [6, 6.07) is 15.7. The average Bonchev–Trinajstić information content (AvgIpc) is 3.37. The molecule has 0 spiro atoms. The lowest BCUT2D eigenvalue weighted by atomic mass is 10.1. The number of aryl methyl sites for hydroxylation is 2. The smallest absolute Gasteiger partial charge is 0.229 e. The van der Waals surface area contributed by atoms with E-state index in [0.29, 0.717) is 23.9 Å². The molecule has 178 valence electrons. The molecule has 1 aliphatic heterocycles. The molecule has 2 N–H and O–H groups in total. The highest BCUT2D eigenvalue weighted by Crippen LogP contribution is 2.23. The van der Waals surface area contributed by atoms with Crippen LogP contribution < -0.4 is 15.4 Å². The van der Waals surface area contributed by atoms with Gasteiger partial charge in [-0.25, -0.2) is 4.98 Å². The van der Waals surface area contributed by atoms with Crippen LogP contribution in [-0.2, 0) is 0 Å². The van der Waals surface area contributed by atoms with Crippen LogP contribution in [0.5, 0.6) is 5.75 Å². The second kappa shape index (κ2) is 12.6. The molecule has 1 aliphatic rings. The van der Waals surface area contributed by atoms with Crippen LogP contribution in [0, 0.1) is 25.2 Å². The minimum absolute atomic E-state index is 0.506. The van der Waals surface area contributed by atoms with Gasteiger partial charge in [0.05, 0.1) is 11.6 Å². The van der Waals surface area contributed by atoms with Crippen LogP contribution in [0.2, 0.25) is 0 Å². The molecule has 0 atom stereocenters. The van der Waals surface area contributed by atoms with Crippen molar-refractivity contribution in [3.8, 4) is 11.8 Å². The molecule has 34 heavy (non-hydrogen) atoms. The van der Waals surface area contributed by atoms with E-state index >= 15 is 0 Å². The van der Waals surface area contributed by atoms with Crippen molar-refractivity contribution < 1.29 is 4.74 Å². The van der Waals surface area contributed by atoms with Crippen molar-refractivity contribution in [2.45, 2.75) is 40.5 Å². The van der Waals surface area contributed by atoms with Crippen molar-refractivity contribution in [2.75, 3.05) is 36.9 Å². The van der Waals surface area contributed by atoms with E-state index < -0.39 is 0 Å². The Labute approximate surface area is 202 Å². The highest BCUT2D eigenvalue weighted by molar-refractivity contribution is 5.63. The van der Waals surface area contributed by atoms with Crippen molar-refractivity contribution in [2.24, 2.45) is 0 Å². The topological polar surface area (TPSA) is 86.1 Å². The Morgan fingerprint density at radius 1 is 0.971 bits per heavy atom. The summed E-state index contributed by atoms with van der Waals surface area (Å²) in [5.41, 5.74) is 4.29. The first kappa shape index (κ1) is 25.0. The van der Waals surface area contributed by atoms with Gasteiger partial charge in [-0.2, -0.15) is 10.2 Å². The Bertz CT molecular complexity index is 1100. The molecule has 0 amide bonds. The molecule has 0 aliphatic carbocycles. The highest BCUT2D eigenvalue weighted by atomic mass is 16.5. The maximum Gasteiger partial charge on any atom is 0.229 e. The number of rotatable bonds is 8. The number of anilines is 4. The van der Waals surface area contributed by atoms with E-state index in [-0.39, 0.29) is 0 Å². The summed E-state index contributed by atoms with van der Waals surface area (Å²) in [5, 5.41) is 15.7. The molecule has 0 saturated carbocycles. The molecule has 7 nitrogen and oxygen atoms in total. The second-order valence-electron chi connectivity index (χ2n) is 8.04. The van der Waals surface area contributed by atoms with E-state index in [0.717, 1.165) is 34.8 Å². The molecule has 1 saturated heterocycles. The zero-order chi connectivity index (χ0) is 24.3. The molecule has 2 aromatic carbocycles. The van der Waals surface area contributed by atoms with Gasteiger partial charge in [-0.3, -0.25) is 4.90 Å². The summed E-state index contributed by atoms with van der Waals surface area (Å²) in [6.45, 7) is 11.9. The molecule has 2 heterocycles. The average molecular weight is 459 g/mol. The van der Waals surface area contributed by atoms with Crippen molar-refractivity contribution in [3.63, 3.8) is 0 Å². The molecule has 0 bridgehead atoms. The third-order valence-electron chi connectivity index (χ3n) is 5.57. The number of nitrogens with one attached hydrogen (secondary N) is 2. The molecule has 4 rings (SSSR count). The molecule has 0 unspecified atom stereocenters. The normalized spacial score (nSPS) is 12.9. The minimum Gasteiger partial charge on any atom is -0.492 e. The number of nitriles is 1. The highest BCUT2D eigenvalue weighted by Gasteiger charge is 2.11. The first-order valence-electron chi connectivity index (χ1n) is 11.9. The minimum atomic E-state index is 0.506. The molecule has 3 aromatic rings. The van der Waals surface area contributed by atoms with Gasteiger partial charge in [-0.05, 0) is 87.8 Å². The predicted molar refractivity (Wildman–Crippen MR) is 138 cm³/mol. The van der Waals surface area contributed by atoms with Crippen molar-refractivity contribution >= 4 is 23.1 Å². The molecular formula is C27H34N6O. The van der Waals surface area contributed by atoms with E-state index in [1.807, 2.05) is 70.2 Å². The standard InChI is InChI=1S/C25H28N6O.C2H6/c1-18-15-22(6-5-20(18)16-26)28-24-19(2)17-27-25(30-24)29-21-7-9-23(10-8-21)32-14-13-31-11-3-4-12-31;1-2/h5-10,15,17H,3-4,11-14H2,1-2H3,(H2,27,28,29,30);1-2H3. The number of likely N-dealkylation sites (tertiary alicyclic amines) is 1. The van der Waals surface area contributed by atoms with Gasteiger partial charge in [0.1, 0.15) is 18.2 Å². The maximum atomic E-state index is 9.12. The van der Waals surface area contributed by atoms with Gasteiger partial charge in [-0.15, -0.1) is 0 Å². The lowest BCUT2D eigenvalue weighted by Gasteiger charge is -2.15. The monoisotopic (exact) mass is 458 g/mol. The van der Waals surface area contributed by atoms with Crippen LogP contribution in [0.4, 0.5) is 23.1 Å². The number of hydrogen-bond donors (Lipinski definition) is 2. The second-order valence-corrected chi connectivity index (χ2v) is 8.04. The van der Waals surface area contributed by atoms with E-state index in [9.17, 15) is 0 Å². The Hall–Kier alpha value is -3.63. The quantitative estimate of drug-likeness (QED) is 0.431. The van der Waals surface area contributed by atoms with Gasteiger partial charge in [0.25, 0.3) is 0 Å². The lowest BCUT2D eigenvalue weighted by molar-refractivity contribution is 0.238. The molecule has 1 fully saturated rings. The third-order valence-corrected chi connectivity index (χ3v) is 5.57. The number of ether oxygens (including phenoxy) is 1. The first-order valence-corrected chi connectivity index (χ1v) is 11.9. The Kier molecular flexibility index (Phi) is 9.24. The van der Waals surface area contributed by atoms with Crippen molar-refractivity contribution in [1.29, 1.82) is 5.26 Å². The Balaban J connectivity index is 0.00000158. The van der Waals surface area contributed by atoms with E-state index in [2.05, 4.69) is 31.6 Å². The zero-order valence-electron chi connectivity index (χ0n) is 20.6. The van der Waals surface area contributed by atoms with E-state index in [4.69, 9.17) is 10.00 Å². The number of aromatic nitrogens is 2. The van der Waals surface area contributed by atoms with Crippen LogP contribution >= 0.6 is 0 Å². The van der Waals surface area contributed by atoms with Gasteiger partial charge in [0.15, 0.2) is 0 Å². The van der Waals surface area contributed by atoms with E-state index in [1.54, 1.807) is 6.20 Å². The number of hydrogen-bond acceptors (Lipinski definition) is 7. The van der Waals surface area contributed by atoms with Gasteiger partial charge in [-0.1, -0.05) is 13.8 Å². The maximum absolute atomic E-state index is 9.12. The predicted octanol–water partition coefficient (Wildman–Crippen LogP) is 5.95. The Morgan fingerprint density at radius 2 is 1.68 bits per heavy atom. The van der Waals surface area contributed by atoms with Gasteiger partial charge < -0.3 is 15.4 Å². The van der Waals surface area contributed by atoms with Gasteiger partial charge in [0.2, 0.25) is 5.95 Å². The van der Waals surface area contributed by atoms with Crippen LogP contribution in [0.15, 0.2) is 48.7 Å². The fraction of sp³-hybridized carbons (Fsp3) is 0.370. The summed E-state index contributed by atoms with van der Waals surface area (Å²) >= 11 is 0. The van der Waals surface area contributed by atoms with Crippen LogP contribution in [0.25, 0.3) is 0 Å². The van der Waals surface area contributed by atoms with Crippen molar-refractivity contribution in [3.05, 3.63) is 65.4 Å².